The van der Waals surface area contributed by atoms with Crippen molar-refractivity contribution in [1.29, 1.82) is 0 Å². The Morgan fingerprint density at radius 2 is 1.78 bits per heavy atom. The molecule has 1 N–H and O–H groups in total. The van der Waals surface area contributed by atoms with Gasteiger partial charge in [0.2, 0.25) is 5.88 Å². The molecule has 0 saturated heterocycles. The molecule has 114 valence electrons. The van der Waals surface area contributed by atoms with Crippen LogP contribution in [0.4, 0.5) is 0 Å². The van der Waals surface area contributed by atoms with Gasteiger partial charge in [-0.25, -0.2) is 4.98 Å². The molecule has 0 atom stereocenters. The number of nitrogens with one attached hydrogen (secondary N) is 1. The number of carbonyl (C=O) groups is 1. The fraction of sp³-hybridized carbons (Fsp3) is 0.0556. The minimum atomic E-state index is -0.142. The van der Waals surface area contributed by atoms with Gasteiger partial charge in [0.05, 0.1) is 0 Å². The van der Waals surface area contributed by atoms with E-state index in [1.807, 2.05) is 36.4 Å². The summed E-state index contributed by atoms with van der Waals surface area (Å²) in [7, 11) is 0. The van der Waals surface area contributed by atoms with Crippen LogP contribution in [-0.4, -0.2) is 15.9 Å². The highest BCUT2D eigenvalue weighted by Crippen LogP contribution is 2.18. The summed E-state index contributed by atoms with van der Waals surface area (Å²) in [6.07, 6.45) is 4.86. The summed E-state index contributed by atoms with van der Waals surface area (Å²) in [4.78, 5) is 20.1. The Kier molecular flexibility index (Phi) is 4.59. The van der Waals surface area contributed by atoms with Crippen LogP contribution in [0.1, 0.15) is 15.9 Å². The third kappa shape index (κ3) is 4.14. The van der Waals surface area contributed by atoms with Crippen molar-refractivity contribution < 1.29 is 9.53 Å². The zero-order valence-electron chi connectivity index (χ0n) is 12.3. The van der Waals surface area contributed by atoms with Crippen LogP contribution in [0.3, 0.4) is 0 Å². The average molecular weight is 305 g/mol. The average Bonchev–Trinajstić information content (AvgIpc) is 2.62. The molecule has 5 nitrogen and oxygen atoms in total. The Morgan fingerprint density at radius 1 is 1.00 bits per heavy atom. The highest BCUT2D eigenvalue weighted by atomic mass is 16.5. The lowest BCUT2D eigenvalue weighted by Crippen LogP contribution is -2.22. The quantitative estimate of drug-likeness (QED) is 0.786. The molecule has 0 fully saturated rings. The smallest absolute Gasteiger partial charge is 0.251 e. The monoisotopic (exact) mass is 305 g/mol. The fourth-order valence-electron chi connectivity index (χ4n) is 1.97. The summed E-state index contributed by atoms with van der Waals surface area (Å²) in [5.41, 5.74) is 1.48. The largest absolute Gasteiger partial charge is 0.439 e. The maximum atomic E-state index is 11.9. The van der Waals surface area contributed by atoms with Crippen molar-refractivity contribution in [1.82, 2.24) is 15.3 Å². The molecule has 23 heavy (non-hydrogen) atoms. The number of hydrogen-bond donors (Lipinski definition) is 1. The molecule has 1 aromatic carbocycles. The molecule has 3 rings (SSSR count). The first-order chi connectivity index (χ1) is 11.3. The summed E-state index contributed by atoms with van der Waals surface area (Å²) in [6, 6.07) is 16.5. The summed E-state index contributed by atoms with van der Waals surface area (Å²) in [6.45, 7) is 0.403. The van der Waals surface area contributed by atoms with E-state index in [-0.39, 0.29) is 5.91 Å². The number of carbonyl (C=O) groups excluding carboxylic acids is 1. The molecule has 0 aliphatic heterocycles. The topological polar surface area (TPSA) is 64.1 Å². The standard InChI is InChI=1S/C18H15N3O2/c22-18(15-8-10-19-11-9-15)21-13-14-6-7-17(20-12-14)23-16-4-2-1-3-5-16/h1-12H,13H2,(H,21,22). The van der Waals surface area contributed by atoms with Crippen LogP contribution in [0.15, 0.2) is 73.2 Å². The lowest BCUT2D eigenvalue weighted by Gasteiger charge is -2.07. The molecule has 0 radical (unpaired) electrons. The molecule has 0 unspecified atom stereocenters. The third-order valence-corrected chi connectivity index (χ3v) is 3.16. The zero-order chi connectivity index (χ0) is 15.9. The van der Waals surface area contributed by atoms with Crippen molar-refractivity contribution >= 4 is 5.91 Å². The van der Waals surface area contributed by atoms with E-state index in [0.717, 1.165) is 11.3 Å². The number of aromatic nitrogens is 2. The minimum Gasteiger partial charge on any atom is -0.439 e. The first kappa shape index (κ1) is 14.7. The molecule has 0 spiro atoms. The Morgan fingerprint density at radius 3 is 2.48 bits per heavy atom. The number of rotatable bonds is 5. The second-order valence-electron chi connectivity index (χ2n) is 4.84. The maximum absolute atomic E-state index is 11.9. The number of pyridine rings is 2. The molecule has 1 amide bonds. The van der Waals surface area contributed by atoms with E-state index in [9.17, 15) is 4.79 Å². The molecule has 0 bridgehead atoms. The number of para-hydroxylation sites is 1. The van der Waals surface area contributed by atoms with E-state index in [4.69, 9.17) is 4.74 Å². The van der Waals surface area contributed by atoms with Crippen molar-refractivity contribution in [3.63, 3.8) is 0 Å². The van der Waals surface area contributed by atoms with Gasteiger partial charge in [-0.2, -0.15) is 0 Å². The van der Waals surface area contributed by atoms with Crippen molar-refractivity contribution in [3.8, 4) is 11.6 Å². The third-order valence-electron chi connectivity index (χ3n) is 3.16. The van der Waals surface area contributed by atoms with Crippen molar-refractivity contribution in [2.24, 2.45) is 0 Å². The van der Waals surface area contributed by atoms with Gasteiger partial charge < -0.3 is 10.1 Å². The van der Waals surface area contributed by atoms with E-state index < -0.39 is 0 Å². The Hall–Kier alpha value is -3.21. The SMILES string of the molecule is O=C(NCc1ccc(Oc2ccccc2)nc1)c1ccncc1. The molecule has 0 aliphatic rings. The molecular formula is C18H15N3O2. The predicted molar refractivity (Wildman–Crippen MR) is 86.2 cm³/mol. The van der Waals surface area contributed by atoms with Crippen molar-refractivity contribution in [3.05, 3.63) is 84.3 Å². The fourth-order valence-corrected chi connectivity index (χ4v) is 1.97. The predicted octanol–water partition coefficient (Wildman–Crippen LogP) is 3.20. The summed E-state index contributed by atoms with van der Waals surface area (Å²) in [5.74, 6) is 1.11. The highest BCUT2D eigenvalue weighted by Gasteiger charge is 2.05. The molecule has 3 aromatic rings. The van der Waals surface area contributed by atoms with Crippen LogP contribution >= 0.6 is 0 Å². The molecule has 2 aromatic heterocycles. The molecule has 2 heterocycles. The second-order valence-corrected chi connectivity index (χ2v) is 4.84. The maximum Gasteiger partial charge on any atom is 0.251 e. The van der Waals surface area contributed by atoms with Crippen LogP contribution < -0.4 is 10.1 Å². The van der Waals surface area contributed by atoms with E-state index in [1.165, 1.54) is 0 Å². The molecule has 0 saturated carbocycles. The summed E-state index contributed by atoms with van der Waals surface area (Å²) in [5, 5.41) is 2.84. The molecule has 5 heteroatoms. The van der Waals surface area contributed by atoms with Gasteiger partial charge in [-0.1, -0.05) is 24.3 Å². The number of nitrogens with zero attached hydrogens (tertiary/aromatic N) is 2. The van der Waals surface area contributed by atoms with E-state index in [2.05, 4.69) is 15.3 Å². The minimum absolute atomic E-state index is 0.142. The number of ether oxygens (including phenoxy) is 1. The van der Waals surface area contributed by atoms with E-state index >= 15 is 0 Å². The van der Waals surface area contributed by atoms with Gasteiger partial charge in [0, 0.05) is 36.8 Å². The van der Waals surface area contributed by atoms with Crippen molar-refractivity contribution in [2.45, 2.75) is 6.54 Å². The van der Waals surface area contributed by atoms with Gasteiger partial charge >= 0.3 is 0 Å². The lowest BCUT2D eigenvalue weighted by molar-refractivity contribution is 0.0951. The highest BCUT2D eigenvalue weighted by molar-refractivity contribution is 5.93. The Bertz CT molecular complexity index is 759. The molecular weight excluding hydrogens is 290 g/mol. The van der Waals surface area contributed by atoms with E-state index in [1.54, 1.807) is 36.8 Å². The van der Waals surface area contributed by atoms with Crippen molar-refractivity contribution in [2.75, 3.05) is 0 Å². The van der Waals surface area contributed by atoms with Gasteiger partial charge in [-0.3, -0.25) is 9.78 Å². The Balaban J connectivity index is 1.56. The summed E-state index contributed by atoms with van der Waals surface area (Å²) < 4.78 is 5.62. The van der Waals surface area contributed by atoms with Gasteiger partial charge in [0.1, 0.15) is 5.75 Å². The zero-order valence-corrected chi connectivity index (χ0v) is 12.3. The number of hydrogen-bond acceptors (Lipinski definition) is 4. The van der Waals surface area contributed by atoms with Crippen LogP contribution in [0.25, 0.3) is 0 Å². The van der Waals surface area contributed by atoms with Gasteiger partial charge in [0.25, 0.3) is 5.91 Å². The van der Waals surface area contributed by atoms with E-state index in [0.29, 0.717) is 18.0 Å². The molecule has 0 aliphatic carbocycles. The van der Waals surface area contributed by atoms with Gasteiger partial charge in [-0.15, -0.1) is 0 Å². The van der Waals surface area contributed by atoms with Crippen LogP contribution in [0.2, 0.25) is 0 Å². The first-order valence-electron chi connectivity index (χ1n) is 7.17. The van der Waals surface area contributed by atoms with Crippen LogP contribution in [0, 0.1) is 0 Å². The lowest BCUT2D eigenvalue weighted by atomic mass is 10.2. The Labute approximate surface area is 134 Å². The summed E-state index contributed by atoms with van der Waals surface area (Å²) >= 11 is 0. The number of benzene rings is 1. The second kappa shape index (κ2) is 7.17. The van der Waals surface area contributed by atoms with Crippen LogP contribution in [-0.2, 0) is 6.54 Å². The first-order valence-corrected chi connectivity index (χ1v) is 7.17. The van der Waals surface area contributed by atoms with Gasteiger partial charge in [-0.05, 0) is 29.8 Å². The number of amides is 1. The van der Waals surface area contributed by atoms with Gasteiger partial charge in [0.15, 0.2) is 0 Å². The normalized spacial score (nSPS) is 10.1. The van der Waals surface area contributed by atoms with Crippen LogP contribution in [0.5, 0.6) is 11.6 Å².